The van der Waals surface area contributed by atoms with E-state index in [0.29, 0.717) is 11.4 Å². The first-order chi connectivity index (χ1) is 9.60. The lowest BCUT2D eigenvalue weighted by Gasteiger charge is -2.28. The SMILES string of the molecule is CC(C)N(CC(=O)N(C)c1ccc(N)cc1)CC(F)(F)F. The van der Waals surface area contributed by atoms with Crippen molar-refractivity contribution in [2.75, 3.05) is 30.8 Å². The summed E-state index contributed by atoms with van der Waals surface area (Å²) in [7, 11) is 1.53. The third-order valence-corrected chi connectivity index (χ3v) is 3.11. The minimum absolute atomic E-state index is 0.294. The maximum atomic E-state index is 12.5. The Bertz CT molecular complexity index is 471. The highest BCUT2D eigenvalue weighted by molar-refractivity contribution is 5.94. The van der Waals surface area contributed by atoms with Crippen molar-refractivity contribution in [2.45, 2.75) is 26.1 Å². The predicted molar refractivity (Wildman–Crippen MR) is 77.0 cm³/mol. The van der Waals surface area contributed by atoms with Crippen molar-refractivity contribution in [1.82, 2.24) is 4.90 Å². The summed E-state index contributed by atoms with van der Waals surface area (Å²) in [6.07, 6.45) is -4.33. The van der Waals surface area contributed by atoms with Crippen LogP contribution in [0.25, 0.3) is 0 Å². The van der Waals surface area contributed by atoms with Gasteiger partial charge in [-0.15, -0.1) is 0 Å². The fourth-order valence-corrected chi connectivity index (χ4v) is 1.77. The Labute approximate surface area is 122 Å². The van der Waals surface area contributed by atoms with E-state index in [9.17, 15) is 18.0 Å². The second-order valence-electron chi connectivity index (χ2n) is 5.16. The highest BCUT2D eigenvalue weighted by Crippen LogP contribution is 2.19. The van der Waals surface area contributed by atoms with Crippen molar-refractivity contribution in [3.05, 3.63) is 24.3 Å². The van der Waals surface area contributed by atoms with Crippen molar-refractivity contribution in [1.29, 1.82) is 0 Å². The standard InChI is InChI=1S/C14H20F3N3O/c1-10(2)20(9-14(15,16)17)8-13(21)19(3)12-6-4-11(18)5-7-12/h4-7,10H,8-9,18H2,1-3H3. The third kappa shape index (κ3) is 5.63. The first-order valence-corrected chi connectivity index (χ1v) is 6.53. The molecule has 0 aliphatic carbocycles. The Morgan fingerprint density at radius 1 is 1.24 bits per heavy atom. The molecule has 0 atom stereocenters. The van der Waals surface area contributed by atoms with Crippen LogP contribution in [0.1, 0.15) is 13.8 Å². The Hall–Kier alpha value is -1.76. The number of nitrogens with two attached hydrogens (primary N) is 1. The Kier molecular flexibility index (Phi) is 5.60. The van der Waals surface area contributed by atoms with Gasteiger partial charge in [-0.25, -0.2) is 0 Å². The number of nitrogens with zero attached hydrogens (tertiary/aromatic N) is 2. The van der Waals surface area contributed by atoms with E-state index in [2.05, 4.69) is 0 Å². The summed E-state index contributed by atoms with van der Waals surface area (Å²) < 4.78 is 37.5. The molecule has 1 amide bonds. The first-order valence-electron chi connectivity index (χ1n) is 6.53. The molecule has 0 aromatic heterocycles. The molecule has 7 heteroatoms. The van der Waals surface area contributed by atoms with E-state index in [0.717, 1.165) is 4.90 Å². The van der Waals surface area contributed by atoms with Crippen LogP contribution in [0.3, 0.4) is 0 Å². The van der Waals surface area contributed by atoms with E-state index in [1.807, 2.05) is 0 Å². The fraction of sp³-hybridized carbons (Fsp3) is 0.500. The molecule has 0 aliphatic heterocycles. The van der Waals surface area contributed by atoms with E-state index in [4.69, 9.17) is 5.73 Å². The second-order valence-corrected chi connectivity index (χ2v) is 5.16. The number of carbonyl (C=O) groups excluding carboxylic acids is 1. The second kappa shape index (κ2) is 6.80. The van der Waals surface area contributed by atoms with Crippen molar-refractivity contribution in [3.8, 4) is 0 Å². The molecule has 21 heavy (non-hydrogen) atoms. The highest BCUT2D eigenvalue weighted by atomic mass is 19.4. The van der Waals surface area contributed by atoms with Crippen LogP contribution < -0.4 is 10.6 Å². The van der Waals surface area contributed by atoms with Crippen LogP contribution in [0, 0.1) is 0 Å². The van der Waals surface area contributed by atoms with E-state index in [-0.39, 0.29) is 12.6 Å². The molecule has 1 rings (SSSR count). The summed E-state index contributed by atoms with van der Waals surface area (Å²) in [5.74, 6) is -0.405. The van der Waals surface area contributed by atoms with Gasteiger partial charge in [-0.2, -0.15) is 13.2 Å². The van der Waals surface area contributed by atoms with Gasteiger partial charge in [-0.05, 0) is 38.1 Å². The Balaban J connectivity index is 2.75. The number of anilines is 2. The first kappa shape index (κ1) is 17.3. The molecular weight excluding hydrogens is 283 g/mol. The van der Waals surface area contributed by atoms with Crippen molar-refractivity contribution >= 4 is 17.3 Å². The Morgan fingerprint density at radius 2 is 1.76 bits per heavy atom. The summed E-state index contributed by atoms with van der Waals surface area (Å²) in [5, 5.41) is 0. The molecule has 1 aromatic carbocycles. The number of benzene rings is 1. The Morgan fingerprint density at radius 3 is 2.19 bits per heavy atom. The minimum atomic E-state index is -4.33. The summed E-state index contributed by atoms with van der Waals surface area (Å²) in [6, 6.07) is 6.19. The zero-order valence-corrected chi connectivity index (χ0v) is 12.3. The van der Waals surface area contributed by atoms with Crippen LogP contribution in [0.4, 0.5) is 24.5 Å². The van der Waals surface area contributed by atoms with Crippen LogP contribution in [0.2, 0.25) is 0 Å². The van der Waals surface area contributed by atoms with Gasteiger partial charge in [0.15, 0.2) is 0 Å². The topological polar surface area (TPSA) is 49.6 Å². The molecule has 0 saturated carbocycles. The van der Waals surface area contributed by atoms with E-state index >= 15 is 0 Å². The molecular formula is C14H20F3N3O. The molecule has 4 nitrogen and oxygen atoms in total. The van der Waals surface area contributed by atoms with E-state index in [1.165, 1.54) is 11.9 Å². The molecule has 2 N–H and O–H groups in total. The van der Waals surface area contributed by atoms with Gasteiger partial charge in [0.1, 0.15) is 0 Å². The zero-order chi connectivity index (χ0) is 16.2. The number of likely N-dealkylation sites (N-methyl/N-ethyl adjacent to an activating group) is 1. The maximum absolute atomic E-state index is 12.5. The van der Waals surface area contributed by atoms with Crippen LogP contribution in [-0.2, 0) is 4.79 Å². The molecule has 0 spiro atoms. The van der Waals surface area contributed by atoms with Crippen LogP contribution in [-0.4, -0.2) is 43.2 Å². The molecule has 0 radical (unpaired) electrons. The average Bonchev–Trinajstić information content (AvgIpc) is 2.36. The van der Waals surface area contributed by atoms with Crippen molar-refractivity contribution in [2.24, 2.45) is 0 Å². The summed E-state index contributed by atoms with van der Waals surface area (Å²) in [5.41, 5.74) is 6.70. The zero-order valence-electron chi connectivity index (χ0n) is 12.3. The van der Waals surface area contributed by atoms with Gasteiger partial charge in [0.2, 0.25) is 5.91 Å². The number of alkyl halides is 3. The number of amides is 1. The maximum Gasteiger partial charge on any atom is 0.401 e. The average molecular weight is 303 g/mol. The van der Waals surface area contributed by atoms with Gasteiger partial charge in [0, 0.05) is 24.5 Å². The van der Waals surface area contributed by atoms with Gasteiger partial charge in [-0.1, -0.05) is 0 Å². The molecule has 0 saturated heterocycles. The summed E-state index contributed by atoms with van der Waals surface area (Å²) >= 11 is 0. The molecule has 118 valence electrons. The fourth-order valence-electron chi connectivity index (χ4n) is 1.77. The van der Waals surface area contributed by atoms with Gasteiger partial charge in [0.25, 0.3) is 0 Å². The number of hydrogen-bond acceptors (Lipinski definition) is 3. The van der Waals surface area contributed by atoms with Gasteiger partial charge < -0.3 is 10.6 Å². The molecule has 0 heterocycles. The van der Waals surface area contributed by atoms with Gasteiger partial charge in [0.05, 0.1) is 13.1 Å². The number of halogens is 3. The number of nitrogen functional groups attached to an aromatic ring is 1. The summed E-state index contributed by atoms with van der Waals surface area (Å²) in [4.78, 5) is 14.5. The van der Waals surface area contributed by atoms with Crippen LogP contribution in [0.5, 0.6) is 0 Å². The molecule has 1 aromatic rings. The number of carbonyl (C=O) groups is 1. The minimum Gasteiger partial charge on any atom is -0.399 e. The van der Waals surface area contributed by atoms with E-state index in [1.54, 1.807) is 38.1 Å². The molecule has 0 bridgehead atoms. The van der Waals surface area contributed by atoms with Crippen LogP contribution >= 0.6 is 0 Å². The van der Waals surface area contributed by atoms with Crippen molar-refractivity contribution in [3.63, 3.8) is 0 Å². The van der Waals surface area contributed by atoms with Crippen LogP contribution in [0.15, 0.2) is 24.3 Å². The lowest BCUT2D eigenvalue weighted by molar-refractivity contribution is -0.151. The van der Waals surface area contributed by atoms with Gasteiger partial charge in [-0.3, -0.25) is 9.69 Å². The highest BCUT2D eigenvalue weighted by Gasteiger charge is 2.33. The van der Waals surface area contributed by atoms with E-state index < -0.39 is 18.6 Å². The predicted octanol–water partition coefficient (Wildman–Crippen LogP) is 2.50. The normalized spacial score (nSPS) is 12.0. The van der Waals surface area contributed by atoms with Gasteiger partial charge >= 0.3 is 6.18 Å². The quantitative estimate of drug-likeness (QED) is 0.850. The number of rotatable bonds is 5. The van der Waals surface area contributed by atoms with Crippen molar-refractivity contribution < 1.29 is 18.0 Å². The molecule has 0 fully saturated rings. The largest absolute Gasteiger partial charge is 0.401 e. The smallest absolute Gasteiger partial charge is 0.399 e. The number of hydrogen-bond donors (Lipinski definition) is 1. The lowest BCUT2D eigenvalue weighted by Crippen LogP contribution is -2.45. The summed E-state index contributed by atoms with van der Waals surface area (Å²) in [6.45, 7) is 1.86. The molecule has 0 aliphatic rings. The lowest BCUT2D eigenvalue weighted by atomic mass is 10.2. The monoisotopic (exact) mass is 303 g/mol. The molecule has 0 unspecified atom stereocenters. The third-order valence-electron chi connectivity index (χ3n) is 3.11.